The fourth-order valence-electron chi connectivity index (χ4n) is 1.63. The van der Waals surface area contributed by atoms with E-state index in [1.165, 1.54) is 13.0 Å². The molecule has 0 radical (unpaired) electrons. The van der Waals surface area contributed by atoms with Gasteiger partial charge in [-0.05, 0) is 18.6 Å². The Labute approximate surface area is 86.5 Å². The van der Waals surface area contributed by atoms with E-state index in [0.29, 0.717) is 22.4 Å². The number of Topliss-reactive ketones (excluding diaryl/α,β-unsaturated/α-hetero) is 1. The number of halogens is 1. The molecule has 0 aliphatic heterocycles. The third-order valence-electron chi connectivity index (χ3n) is 2.48. The molecule has 0 fully saturated rings. The lowest BCUT2D eigenvalue weighted by atomic mass is 10.2. The van der Waals surface area contributed by atoms with Gasteiger partial charge >= 0.3 is 0 Å². The largest absolute Gasteiger partial charge is 0.325 e. The Morgan fingerprint density at radius 3 is 2.73 bits per heavy atom. The highest BCUT2D eigenvalue weighted by Crippen LogP contribution is 2.19. The summed E-state index contributed by atoms with van der Waals surface area (Å²) in [5.74, 6) is -0.0395. The Morgan fingerprint density at radius 2 is 2.13 bits per heavy atom. The van der Waals surface area contributed by atoms with E-state index in [0.717, 1.165) is 0 Å². The number of hydrogen-bond acceptors (Lipinski definition) is 2. The number of carbonyl (C=O) groups excluding carboxylic acids is 1. The van der Waals surface area contributed by atoms with Crippen molar-refractivity contribution >= 4 is 16.8 Å². The maximum Gasteiger partial charge on any atom is 0.195 e. The van der Waals surface area contributed by atoms with E-state index in [-0.39, 0.29) is 11.6 Å². The number of hydrogen-bond donors (Lipinski definition) is 0. The third kappa shape index (κ3) is 1.42. The molecule has 1 heterocycles. The average Bonchev–Trinajstić information content (AvgIpc) is 2.46. The molecule has 0 atom stereocenters. The zero-order chi connectivity index (χ0) is 11.2. The normalized spacial score (nSPS) is 10.9. The van der Waals surface area contributed by atoms with Gasteiger partial charge in [-0.15, -0.1) is 0 Å². The van der Waals surface area contributed by atoms with Gasteiger partial charge in [0.15, 0.2) is 11.6 Å². The summed E-state index contributed by atoms with van der Waals surface area (Å²) in [4.78, 5) is 15.4. The first-order chi connectivity index (χ1) is 7.00. The molecule has 0 bridgehead atoms. The van der Waals surface area contributed by atoms with Crippen LogP contribution in [0.3, 0.4) is 0 Å². The Morgan fingerprint density at radius 1 is 1.47 bits per heavy atom. The summed E-state index contributed by atoms with van der Waals surface area (Å²) in [6.45, 7) is 3.13. The predicted molar refractivity (Wildman–Crippen MR) is 55.4 cm³/mol. The van der Waals surface area contributed by atoms with Crippen molar-refractivity contribution in [3.05, 3.63) is 29.3 Å². The minimum Gasteiger partial charge on any atom is -0.325 e. The molecule has 4 heteroatoms. The average molecular weight is 206 g/mol. The van der Waals surface area contributed by atoms with Crippen molar-refractivity contribution in [2.45, 2.75) is 13.8 Å². The molecule has 0 saturated carbocycles. The van der Waals surface area contributed by atoms with E-state index in [1.54, 1.807) is 24.6 Å². The number of nitrogens with zero attached hydrogens (tertiary/aromatic N) is 2. The number of ketones is 1. The molecule has 0 N–H and O–H groups in total. The summed E-state index contributed by atoms with van der Waals surface area (Å²) in [5, 5.41) is 0. The van der Waals surface area contributed by atoms with Gasteiger partial charge in [-0.2, -0.15) is 0 Å². The van der Waals surface area contributed by atoms with Crippen LogP contribution < -0.4 is 0 Å². The fourth-order valence-corrected chi connectivity index (χ4v) is 1.63. The van der Waals surface area contributed by atoms with Gasteiger partial charge in [0, 0.05) is 20.0 Å². The van der Waals surface area contributed by atoms with Crippen molar-refractivity contribution in [3.8, 4) is 0 Å². The van der Waals surface area contributed by atoms with Crippen molar-refractivity contribution in [2.24, 2.45) is 7.05 Å². The Hall–Kier alpha value is -1.71. The van der Waals surface area contributed by atoms with Gasteiger partial charge in [0.1, 0.15) is 5.82 Å². The molecule has 1 aromatic carbocycles. The summed E-state index contributed by atoms with van der Waals surface area (Å²) in [5.41, 5.74) is 1.83. The van der Waals surface area contributed by atoms with Crippen molar-refractivity contribution < 1.29 is 9.18 Å². The minimum absolute atomic E-state index is 0.119. The number of carbonyl (C=O) groups is 1. The van der Waals surface area contributed by atoms with Crippen LogP contribution in [0.25, 0.3) is 11.0 Å². The molecule has 2 rings (SSSR count). The number of imidazole rings is 1. The molecule has 78 valence electrons. The summed E-state index contributed by atoms with van der Waals surface area (Å²) in [7, 11) is 1.71. The molecule has 0 spiro atoms. The van der Waals surface area contributed by atoms with E-state index in [1.807, 2.05) is 0 Å². The molecule has 0 amide bonds. The van der Waals surface area contributed by atoms with Crippen LogP contribution in [0.4, 0.5) is 4.39 Å². The molecule has 0 unspecified atom stereocenters. The Bertz CT molecular complexity index is 557. The van der Waals surface area contributed by atoms with Crippen LogP contribution >= 0.6 is 0 Å². The van der Waals surface area contributed by atoms with E-state index >= 15 is 0 Å². The second kappa shape index (κ2) is 3.15. The zero-order valence-corrected chi connectivity index (χ0v) is 8.84. The van der Waals surface area contributed by atoms with Gasteiger partial charge in [0.25, 0.3) is 0 Å². The second-order valence-electron chi connectivity index (χ2n) is 3.64. The number of fused-ring (bicyclic) bond motifs is 1. The van der Waals surface area contributed by atoms with Crippen LogP contribution in [0.5, 0.6) is 0 Å². The molecule has 0 aliphatic carbocycles. The van der Waals surface area contributed by atoms with E-state index < -0.39 is 0 Å². The predicted octanol–water partition coefficient (Wildman–Crippen LogP) is 2.22. The first-order valence-electron chi connectivity index (χ1n) is 4.64. The molecule has 0 saturated heterocycles. The SMILES string of the molecule is CC(=O)c1nc2cc(C)c(F)cc2n1C. The Balaban J connectivity index is 2.83. The lowest BCUT2D eigenvalue weighted by Crippen LogP contribution is -2.02. The van der Waals surface area contributed by atoms with Crippen molar-refractivity contribution in [2.75, 3.05) is 0 Å². The molecule has 3 nitrogen and oxygen atoms in total. The number of aryl methyl sites for hydroxylation is 2. The maximum atomic E-state index is 13.3. The molecule has 1 aromatic heterocycles. The molecule has 0 aliphatic rings. The van der Waals surface area contributed by atoms with Crippen LogP contribution in [0.1, 0.15) is 23.1 Å². The summed E-state index contributed by atoms with van der Waals surface area (Å²) in [6, 6.07) is 3.06. The minimum atomic E-state index is -0.277. The standard InChI is InChI=1S/C11H11FN2O/c1-6-4-9-10(5-8(6)12)14(3)11(13-9)7(2)15/h4-5H,1-3H3. The molecular weight excluding hydrogens is 195 g/mol. The summed E-state index contributed by atoms with van der Waals surface area (Å²) >= 11 is 0. The maximum absolute atomic E-state index is 13.3. The van der Waals surface area contributed by atoms with Crippen LogP contribution in [0.15, 0.2) is 12.1 Å². The molecular formula is C11H11FN2O. The Kier molecular flexibility index (Phi) is 2.07. The van der Waals surface area contributed by atoms with Crippen molar-refractivity contribution in [1.29, 1.82) is 0 Å². The van der Waals surface area contributed by atoms with Gasteiger partial charge in [0.05, 0.1) is 11.0 Å². The van der Waals surface area contributed by atoms with E-state index in [2.05, 4.69) is 4.98 Å². The van der Waals surface area contributed by atoms with Gasteiger partial charge in [-0.1, -0.05) is 0 Å². The van der Waals surface area contributed by atoms with Crippen molar-refractivity contribution in [1.82, 2.24) is 9.55 Å². The third-order valence-corrected chi connectivity index (χ3v) is 2.48. The lowest BCUT2D eigenvalue weighted by Gasteiger charge is -1.99. The van der Waals surface area contributed by atoms with E-state index in [4.69, 9.17) is 0 Å². The number of rotatable bonds is 1. The van der Waals surface area contributed by atoms with E-state index in [9.17, 15) is 9.18 Å². The van der Waals surface area contributed by atoms with Crippen LogP contribution in [-0.2, 0) is 7.05 Å². The number of benzene rings is 1. The van der Waals surface area contributed by atoms with Crippen molar-refractivity contribution in [3.63, 3.8) is 0 Å². The van der Waals surface area contributed by atoms with Crippen LogP contribution in [-0.4, -0.2) is 15.3 Å². The van der Waals surface area contributed by atoms with Gasteiger partial charge in [-0.3, -0.25) is 4.79 Å². The highest BCUT2D eigenvalue weighted by atomic mass is 19.1. The summed E-state index contributed by atoms with van der Waals surface area (Å²) < 4.78 is 14.9. The summed E-state index contributed by atoms with van der Waals surface area (Å²) in [6.07, 6.45) is 0. The van der Waals surface area contributed by atoms with Gasteiger partial charge in [0.2, 0.25) is 0 Å². The van der Waals surface area contributed by atoms with Gasteiger partial charge in [-0.25, -0.2) is 9.37 Å². The highest BCUT2D eigenvalue weighted by Gasteiger charge is 2.12. The fraction of sp³-hybridized carbons (Fsp3) is 0.273. The lowest BCUT2D eigenvalue weighted by molar-refractivity contribution is 0.100. The monoisotopic (exact) mass is 206 g/mol. The smallest absolute Gasteiger partial charge is 0.195 e. The van der Waals surface area contributed by atoms with Crippen LogP contribution in [0, 0.1) is 12.7 Å². The first-order valence-corrected chi connectivity index (χ1v) is 4.64. The second-order valence-corrected chi connectivity index (χ2v) is 3.64. The quantitative estimate of drug-likeness (QED) is 0.670. The highest BCUT2D eigenvalue weighted by molar-refractivity contribution is 5.94. The molecule has 2 aromatic rings. The topological polar surface area (TPSA) is 34.9 Å². The zero-order valence-electron chi connectivity index (χ0n) is 8.84. The van der Waals surface area contributed by atoms with Gasteiger partial charge < -0.3 is 4.57 Å². The molecule has 15 heavy (non-hydrogen) atoms. The first kappa shape index (κ1) is 9.83. The number of aromatic nitrogens is 2. The van der Waals surface area contributed by atoms with Crippen LogP contribution in [0.2, 0.25) is 0 Å².